The number of hydrogen-bond donors (Lipinski definition) is 1. The molecule has 2 aromatic heterocycles. The SMILES string of the molecule is Cc1ccc(C)c(-n2c(S[C@@H](C(=O)c3c[nH]c4ccccc34)c3ccccc3)nnc2-c2ccccc2Cl)c1. The number of nitrogens with one attached hydrogen (secondary N) is 1. The minimum Gasteiger partial charge on any atom is -0.360 e. The van der Waals surface area contributed by atoms with Crippen molar-refractivity contribution in [2.75, 3.05) is 0 Å². The molecule has 2 heterocycles. The third-order valence-electron chi connectivity index (χ3n) is 6.77. The molecule has 0 spiro atoms. The normalized spacial score (nSPS) is 12.1. The molecule has 192 valence electrons. The highest BCUT2D eigenvalue weighted by Gasteiger charge is 2.29. The topological polar surface area (TPSA) is 63.6 Å². The summed E-state index contributed by atoms with van der Waals surface area (Å²) >= 11 is 8.03. The first-order valence-corrected chi connectivity index (χ1v) is 13.9. The Hall–Kier alpha value is -4.13. The average Bonchev–Trinajstić information content (AvgIpc) is 3.58. The van der Waals surface area contributed by atoms with Crippen LogP contribution < -0.4 is 0 Å². The van der Waals surface area contributed by atoms with Crippen LogP contribution in [0.4, 0.5) is 0 Å². The molecule has 0 aliphatic carbocycles. The van der Waals surface area contributed by atoms with Crippen LogP contribution in [0.15, 0.2) is 108 Å². The number of para-hydroxylation sites is 1. The van der Waals surface area contributed by atoms with Crippen molar-refractivity contribution < 1.29 is 4.79 Å². The molecule has 0 amide bonds. The van der Waals surface area contributed by atoms with E-state index in [2.05, 4.69) is 47.2 Å². The second-order valence-corrected chi connectivity index (χ2v) is 10.9. The lowest BCUT2D eigenvalue weighted by Gasteiger charge is -2.18. The van der Waals surface area contributed by atoms with Crippen molar-refractivity contribution in [3.05, 3.63) is 131 Å². The number of H-pyrrole nitrogens is 1. The van der Waals surface area contributed by atoms with Crippen LogP contribution in [-0.4, -0.2) is 25.5 Å². The fraction of sp³-hybridized carbons (Fsp3) is 0.0938. The first-order chi connectivity index (χ1) is 19.0. The summed E-state index contributed by atoms with van der Waals surface area (Å²) in [6.07, 6.45) is 1.80. The number of carbonyl (C=O) groups excluding carboxylic acids is 1. The van der Waals surface area contributed by atoms with Gasteiger partial charge in [-0.25, -0.2) is 0 Å². The number of aromatic nitrogens is 4. The number of Topliss-reactive ketones (excluding diaryl/α,β-unsaturated/α-hetero) is 1. The minimum atomic E-state index is -0.544. The van der Waals surface area contributed by atoms with Crippen molar-refractivity contribution in [3.63, 3.8) is 0 Å². The first kappa shape index (κ1) is 25.2. The zero-order valence-corrected chi connectivity index (χ0v) is 23.0. The number of carbonyl (C=O) groups is 1. The van der Waals surface area contributed by atoms with E-state index < -0.39 is 5.25 Å². The zero-order chi connectivity index (χ0) is 26.9. The molecule has 0 bridgehead atoms. The number of benzene rings is 4. The fourth-order valence-corrected chi connectivity index (χ4v) is 6.10. The largest absolute Gasteiger partial charge is 0.360 e. The predicted molar refractivity (Wildman–Crippen MR) is 159 cm³/mol. The summed E-state index contributed by atoms with van der Waals surface area (Å²) in [5.74, 6) is 0.626. The second kappa shape index (κ2) is 10.6. The molecule has 4 aromatic carbocycles. The molecule has 0 unspecified atom stereocenters. The molecule has 0 radical (unpaired) electrons. The van der Waals surface area contributed by atoms with Gasteiger partial charge in [-0.3, -0.25) is 9.36 Å². The van der Waals surface area contributed by atoms with Crippen LogP contribution in [0.3, 0.4) is 0 Å². The number of nitrogens with zero attached hydrogens (tertiary/aromatic N) is 3. The van der Waals surface area contributed by atoms with E-state index in [1.54, 1.807) is 6.20 Å². The summed E-state index contributed by atoms with van der Waals surface area (Å²) in [4.78, 5) is 17.4. The summed E-state index contributed by atoms with van der Waals surface area (Å²) in [5, 5.41) is 10.8. The third-order valence-corrected chi connectivity index (χ3v) is 8.30. The zero-order valence-electron chi connectivity index (χ0n) is 21.4. The number of hydrogen-bond acceptors (Lipinski definition) is 4. The molecule has 0 saturated heterocycles. The highest BCUT2D eigenvalue weighted by molar-refractivity contribution is 8.00. The van der Waals surface area contributed by atoms with E-state index in [1.807, 2.05) is 83.4 Å². The quantitative estimate of drug-likeness (QED) is 0.161. The summed E-state index contributed by atoms with van der Waals surface area (Å²) < 4.78 is 2.02. The molecule has 7 heteroatoms. The Morgan fingerprint density at radius 1 is 0.897 bits per heavy atom. The summed E-state index contributed by atoms with van der Waals surface area (Å²) in [6.45, 7) is 4.12. The highest BCUT2D eigenvalue weighted by Crippen LogP contribution is 2.41. The van der Waals surface area contributed by atoms with Crippen molar-refractivity contribution in [1.29, 1.82) is 0 Å². The Kier molecular flexibility index (Phi) is 6.81. The van der Waals surface area contributed by atoms with Gasteiger partial charge in [0.25, 0.3) is 0 Å². The molecular weight excluding hydrogens is 524 g/mol. The van der Waals surface area contributed by atoms with Gasteiger partial charge in [0.05, 0.1) is 10.7 Å². The highest BCUT2D eigenvalue weighted by atomic mass is 35.5. The van der Waals surface area contributed by atoms with E-state index in [1.165, 1.54) is 11.8 Å². The van der Waals surface area contributed by atoms with Gasteiger partial charge in [-0.1, -0.05) is 96.2 Å². The number of fused-ring (bicyclic) bond motifs is 1. The van der Waals surface area contributed by atoms with Crippen molar-refractivity contribution in [2.24, 2.45) is 0 Å². The van der Waals surface area contributed by atoms with Gasteiger partial charge in [-0.05, 0) is 54.8 Å². The maximum atomic E-state index is 14.2. The maximum absolute atomic E-state index is 14.2. The number of ketones is 1. The second-order valence-electron chi connectivity index (χ2n) is 9.43. The van der Waals surface area contributed by atoms with Crippen molar-refractivity contribution in [1.82, 2.24) is 19.7 Å². The predicted octanol–water partition coefficient (Wildman–Crippen LogP) is 8.40. The van der Waals surface area contributed by atoms with Gasteiger partial charge in [0.1, 0.15) is 5.25 Å². The van der Waals surface area contributed by atoms with Gasteiger partial charge in [-0.15, -0.1) is 10.2 Å². The van der Waals surface area contributed by atoms with Gasteiger partial charge in [0.15, 0.2) is 16.8 Å². The standard InChI is InChI=1S/C32H25ClN4OS/c1-20-16-17-21(2)28(18-20)37-31(24-13-6-8-14-26(24)33)35-36-32(37)39-30(22-10-4-3-5-11-22)29(38)25-19-34-27-15-9-7-12-23(25)27/h3-19,30,34H,1-2H3/t30-/m1/s1. The van der Waals surface area contributed by atoms with Crippen molar-refractivity contribution in [3.8, 4) is 17.1 Å². The molecule has 1 atom stereocenters. The van der Waals surface area contributed by atoms with Crippen LogP contribution >= 0.6 is 23.4 Å². The molecule has 0 saturated carbocycles. The van der Waals surface area contributed by atoms with E-state index in [4.69, 9.17) is 11.6 Å². The summed E-state index contributed by atoms with van der Waals surface area (Å²) in [5.41, 5.74) is 6.37. The van der Waals surface area contributed by atoms with Crippen LogP contribution in [0.1, 0.15) is 32.3 Å². The van der Waals surface area contributed by atoms with Crippen LogP contribution in [-0.2, 0) is 0 Å². The monoisotopic (exact) mass is 548 g/mol. The lowest BCUT2D eigenvalue weighted by molar-refractivity contribution is 0.0991. The molecule has 0 aliphatic rings. The number of rotatable bonds is 7. The molecule has 39 heavy (non-hydrogen) atoms. The maximum Gasteiger partial charge on any atom is 0.197 e. The van der Waals surface area contributed by atoms with E-state index in [-0.39, 0.29) is 5.78 Å². The molecular formula is C32H25ClN4OS. The lowest BCUT2D eigenvalue weighted by atomic mass is 10.0. The van der Waals surface area contributed by atoms with Gasteiger partial charge in [0.2, 0.25) is 0 Å². The molecule has 0 aliphatic heterocycles. The average molecular weight is 549 g/mol. The Morgan fingerprint density at radius 2 is 1.64 bits per heavy atom. The van der Waals surface area contributed by atoms with Crippen molar-refractivity contribution in [2.45, 2.75) is 24.3 Å². The summed E-state index contributed by atoms with van der Waals surface area (Å²) in [7, 11) is 0. The number of thioether (sulfide) groups is 1. The van der Waals surface area contributed by atoms with Gasteiger partial charge >= 0.3 is 0 Å². The van der Waals surface area contributed by atoms with Crippen LogP contribution in [0, 0.1) is 13.8 Å². The lowest BCUT2D eigenvalue weighted by Crippen LogP contribution is -2.11. The van der Waals surface area contributed by atoms with Gasteiger partial charge < -0.3 is 4.98 Å². The third kappa shape index (κ3) is 4.78. The summed E-state index contributed by atoms with van der Waals surface area (Å²) in [6, 6.07) is 31.6. The molecule has 5 nitrogen and oxygen atoms in total. The van der Waals surface area contributed by atoms with Crippen LogP contribution in [0.25, 0.3) is 28.0 Å². The molecule has 1 N–H and O–H groups in total. The Morgan fingerprint density at radius 3 is 2.46 bits per heavy atom. The Labute approximate surface area is 235 Å². The van der Waals surface area contributed by atoms with E-state index in [9.17, 15) is 4.79 Å². The fourth-order valence-electron chi connectivity index (χ4n) is 4.76. The number of halogens is 1. The van der Waals surface area contributed by atoms with Gasteiger partial charge in [-0.2, -0.15) is 0 Å². The molecule has 0 fully saturated rings. The van der Waals surface area contributed by atoms with Crippen LogP contribution in [0.2, 0.25) is 5.02 Å². The van der Waals surface area contributed by atoms with Crippen LogP contribution in [0.5, 0.6) is 0 Å². The minimum absolute atomic E-state index is 0.00143. The van der Waals surface area contributed by atoms with E-state index in [0.717, 1.165) is 38.8 Å². The van der Waals surface area contributed by atoms with E-state index in [0.29, 0.717) is 21.6 Å². The van der Waals surface area contributed by atoms with Crippen molar-refractivity contribution >= 4 is 40.0 Å². The molecule has 6 rings (SSSR count). The molecule has 6 aromatic rings. The van der Waals surface area contributed by atoms with E-state index >= 15 is 0 Å². The Balaban J connectivity index is 1.52. The number of aryl methyl sites for hydroxylation is 2. The number of aromatic amines is 1. The smallest absolute Gasteiger partial charge is 0.197 e. The Bertz CT molecular complexity index is 1810. The first-order valence-electron chi connectivity index (χ1n) is 12.6. The van der Waals surface area contributed by atoms with Gasteiger partial charge in [0, 0.05) is 28.2 Å².